The fourth-order valence-electron chi connectivity index (χ4n) is 3.05. The Morgan fingerprint density at radius 3 is 2.50 bits per heavy atom. The number of ether oxygens (including phenoxy) is 4. The molecule has 0 aliphatic heterocycles. The third-order valence-corrected chi connectivity index (χ3v) is 4.96. The quantitative estimate of drug-likeness (QED) is 0.279. The lowest BCUT2D eigenvalue weighted by Crippen LogP contribution is -2.35. The normalized spacial score (nSPS) is 12.2. The minimum Gasteiger partial charge on any atom is -0.464 e. The van der Waals surface area contributed by atoms with Crippen LogP contribution in [0.2, 0.25) is 5.02 Å². The first kappa shape index (κ1) is 26.7. The van der Waals surface area contributed by atoms with Crippen LogP contribution in [0.5, 0.6) is 17.4 Å². The molecule has 0 aliphatic rings. The van der Waals surface area contributed by atoms with Crippen LogP contribution in [0.15, 0.2) is 40.1 Å². The molecule has 1 aromatic carbocycles. The number of esters is 1. The fraction of sp³-hybridized carbons (Fsp3) is 0.238. The van der Waals surface area contributed by atoms with Gasteiger partial charge in [-0.05, 0) is 24.3 Å². The molecule has 0 aliphatic carbocycles. The third kappa shape index (κ3) is 5.33. The lowest BCUT2D eigenvalue weighted by molar-refractivity contribution is -0.170. The molecule has 192 valence electrons. The molecule has 0 bridgehead atoms. The topological polar surface area (TPSA) is 122 Å². The van der Waals surface area contributed by atoms with E-state index in [1.54, 1.807) is 4.98 Å². The van der Waals surface area contributed by atoms with Crippen LogP contribution in [-0.4, -0.2) is 41.0 Å². The third-order valence-electron chi connectivity index (χ3n) is 4.67. The maximum Gasteiger partial charge on any atom is 0.432 e. The minimum atomic E-state index is -5.20. The highest BCUT2D eigenvalue weighted by atomic mass is 35.5. The number of hydrogen-bond acceptors (Lipinski definition) is 8. The maximum absolute atomic E-state index is 14.8. The number of nitrogens with one attached hydrogen (secondary N) is 1. The highest BCUT2D eigenvalue weighted by Gasteiger charge is 2.39. The van der Waals surface area contributed by atoms with Gasteiger partial charge in [-0.2, -0.15) is 13.2 Å². The van der Waals surface area contributed by atoms with Crippen molar-refractivity contribution in [1.82, 2.24) is 14.5 Å². The number of carbonyl (C=O) groups excluding carboxylic acids is 1. The van der Waals surface area contributed by atoms with Gasteiger partial charge in [0.15, 0.2) is 5.75 Å². The Balaban J connectivity index is 2.15. The van der Waals surface area contributed by atoms with Crippen molar-refractivity contribution in [3.8, 4) is 28.5 Å². The average Bonchev–Trinajstić information content (AvgIpc) is 2.81. The SMILES string of the molecule is COC(=O)C(OC)Oc1ncccc1Oc1cc(-c2c(C(F)(F)F)n(C)c(=O)[nH]c2=O)c(F)cc1Cl. The van der Waals surface area contributed by atoms with Gasteiger partial charge in [0.2, 0.25) is 0 Å². The molecule has 1 atom stereocenters. The summed E-state index contributed by atoms with van der Waals surface area (Å²) in [5.74, 6) is -3.13. The highest BCUT2D eigenvalue weighted by molar-refractivity contribution is 6.32. The first-order valence-corrected chi connectivity index (χ1v) is 10.1. The predicted octanol–water partition coefficient (Wildman–Crippen LogP) is 3.26. The van der Waals surface area contributed by atoms with Gasteiger partial charge in [-0.25, -0.2) is 19.0 Å². The molecule has 2 heterocycles. The van der Waals surface area contributed by atoms with Crippen LogP contribution < -0.4 is 20.7 Å². The number of benzene rings is 1. The molecule has 0 radical (unpaired) electrons. The second kappa shape index (κ2) is 10.4. The van der Waals surface area contributed by atoms with Gasteiger partial charge < -0.3 is 18.9 Å². The van der Waals surface area contributed by atoms with Gasteiger partial charge in [0, 0.05) is 25.9 Å². The van der Waals surface area contributed by atoms with E-state index >= 15 is 0 Å². The summed E-state index contributed by atoms with van der Waals surface area (Å²) < 4.78 is 76.5. The van der Waals surface area contributed by atoms with Gasteiger partial charge >= 0.3 is 24.1 Å². The van der Waals surface area contributed by atoms with E-state index in [1.807, 2.05) is 0 Å². The Morgan fingerprint density at radius 1 is 1.19 bits per heavy atom. The molecular formula is C21H16ClF4N3O7. The molecular weight excluding hydrogens is 518 g/mol. The number of alkyl halides is 3. The standard InChI is InChI=1S/C21H16ClF4N3O7/c1-29-15(21(24,25)26)14(16(30)28-20(29)32)9-7-13(10(22)8-11(9)23)35-12-5-4-6-27-17(12)36-19(34-3)18(31)33-2/h4-8,19H,1-3H3,(H,28,30,32). The van der Waals surface area contributed by atoms with Crippen molar-refractivity contribution in [2.24, 2.45) is 7.05 Å². The van der Waals surface area contributed by atoms with Crippen LogP contribution in [0.3, 0.4) is 0 Å². The van der Waals surface area contributed by atoms with Crippen LogP contribution in [0.25, 0.3) is 11.1 Å². The molecule has 1 unspecified atom stereocenters. The summed E-state index contributed by atoms with van der Waals surface area (Å²) in [6.45, 7) is 0. The zero-order valence-electron chi connectivity index (χ0n) is 18.6. The second-order valence-electron chi connectivity index (χ2n) is 6.92. The Kier molecular flexibility index (Phi) is 7.69. The van der Waals surface area contributed by atoms with E-state index in [-0.39, 0.29) is 16.2 Å². The van der Waals surface area contributed by atoms with Crippen LogP contribution in [0, 0.1) is 5.82 Å². The number of methoxy groups -OCH3 is 2. The average molecular weight is 534 g/mol. The summed E-state index contributed by atoms with van der Waals surface area (Å²) in [5, 5.41) is -0.392. The van der Waals surface area contributed by atoms with Crippen LogP contribution in [0.1, 0.15) is 5.69 Å². The van der Waals surface area contributed by atoms with Gasteiger partial charge in [0.1, 0.15) is 17.3 Å². The van der Waals surface area contributed by atoms with Crippen molar-refractivity contribution in [1.29, 1.82) is 0 Å². The van der Waals surface area contributed by atoms with Crippen molar-refractivity contribution in [3.05, 3.63) is 67.8 Å². The van der Waals surface area contributed by atoms with Crippen LogP contribution in [0.4, 0.5) is 17.6 Å². The molecule has 10 nitrogen and oxygen atoms in total. The molecule has 0 saturated heterocycles. The molecule has 1 N–H and O–H groups in total. The molecule has 36 heavy (non-hydrogen) atoms. The van der Waals surface area contributed by atoms with E-state index in [9.17, 15) is 31.9 Å². The van der Waals surface area contributed by atoms with Gasteiger partial charge in [-0.15, -0.1) is 0 Å². The van der Waals surface area contributed by atoms with Crippen molar-refractivity contribution in [2.75, 3.05) is 14.2 Å². The Bertz CT molecular complexity index is 1420. The molecule has 0 amide bonds. The number of aromatic nitrogens is 3. The number of carbonyl (C=O) groups is 1. The van der Waals surface area contributed by atoms with E-state index < -0.39 is 63.1 Å². The van der Waals surface area contributed by atoms with Gasteiger partial charge in [0.25, 0.3) is 11.4 Å². The van der Waals surface area contributed by atoms with E-state index in [4.69, 9.17) is 25.8 Å². The van der Waals surface area contributed by atoms with Crippen molar-refractivity contribution < 1.29 is 41.3 Å². The van der Waals surface area contributed by atoms with Gasteiger partial charge in [-0.1, -0.05) is 11.6 Å². The van der Waals surface area contributed by atoms with Gasteiger partial charge in [0.05, 0.1) is 17.7 Å². The smallest absolute Gasteiger partial charge is 0.432 e. The minimum absolute atomic E-state index is 0.135. The second-order valence-corrected chi connectivity index (χ2v) is 7.33. The lowest BCUT2D eigenvalue weighted by Gasteiger charge is -2.18. The molecule has 0 spiro atoms. The predicted molar refractivity (Wildman–Crippen MR) is 115 cm³/mol. The summed E-state index contributed by atoms with van der Waals surface area (Å²) in [6.07, 6.45) is -5.48. The summed E-state index contributed by atoms with van der Waals surface area (Å²) in [7, 11) is 3.00. The van der Waals surface area contributed by atoms with Crippen molar-refractivity contribution >= 4 is 17.6 Å². The number of hydrogen-bond donors (Lipinski definition) is 1. The summed E-state index contributed by atoms with van der Waals surface area (Å²) >= 11 is 6.03. The molecule has 0 saturated carbocycles. The summed E-state index contributed by atoms with van der Waals surface area (Å²) in [5.41, 5.74) is -6.54. The number of halogens is 5. The van der Waals surface area contributed by atoms with Crippen LogP contribution >= 0.6 is 11.6 Å². The fourth-order valence-corrected chi connectivity index (χ4v) is 3.24. The number of pyridine rings is 1. The maximum atomic E-state index is 14.8. The molecule has 0 fully saturated rings. The first-order chi connectivity index (χ1) is 16.9. The van der Waals surface area contributed by atoms with E-state index in [0.29, 0.717) is 6.07 Å². The molecule has 15 heteroatoms. The summed E-state index contributed by atoms with van der Waals surface area (Å²) in [6, 6.07) is 4.05. The van der Waals surface area contributed by atoms with Crippen LogP contribution in [-0.2, 0) is 27.5 Å². The number of nitrogens with zero attached hydrogens (tertiary/aromatic N) is 2. The number of aromatic amines is 1. The van der Waals surface area contributed by atoms with E-state index in [0.717, 1.165) is 27.3 Å². The first-order valence-electron chi connectivity index (χ1n) is 9.69. The number of rotatable bonds is 7. The number of H-pyrrole nitrogens is 1. The van der Waals surface area contributed by atoms with Crippen molar-refractivity contribution in [3.63, 3.8) is 0 Å². The monoisotopic (exact) mass is 533 g/mol. The largest absolute Gasteiger partial charge is 0.464 e. The molecule has 2 aromatic heterocycles. The van der Waals surface area contributed by atoms with E-state index in [2.05, 4.69) is 9.72 Å². The zero-order chi connectivity index (χ0) is 26.8. The van der Waals surface area contributed by atoms with Gasteiger partial charge in [-0.3, -0.25) is 14.3 Å². The molecule has 3 rings (SSSR count). The Labute approximate surface area is 204 Å². The Hall–Kier alpha value is -3.91. The highest BCUT2D eigenvalue weighted by Crippen LogP contribution is 2.40. The zero-order valence-corrected chi connectivity index (χ0v) is 19.4. The van der Waals surface area contributed by atoms with E-state index in [1.165, 1.54) is 18.3 Å². The lowest BCUT2D eigenvalue weighted by atomic mass is 10.0. The molecule has 3 aromatic rings. The van der Waals surface area contributed by atoms with Crippen molar-refractivity contribution in [2.45, 2.75) is 12.5 Å². The summed E-state index contributed by atoms with van der Waals surface area (Å²) in [4.78, 5) is 41.5. The Morgan fingerprint density at radius 2 is 1.89 bits per heavy atom.